The van der Waals surface area contributed by atoms with Crippen LogP contribution < -0.4 is 5.11 Å². The normalized spacial score (nSPS) is 11.0. The van der Waals surface area contributed by atoms with Gasteiger partial charge >= 0.3 is 0 Å². The van der Waals surface area contributed by atoms with Crippen molar-refractivity contribution in [1.82, 2.24) is 0 Å². The minimum Gasteiger partial charge on any atom is -0.550 e. The fourth-order valence-corrected chi connectivity index (χ4v) is 5.65. The van der Waals surface area contributed by atoms with Crippen LogP contribution in [-0.4, -0.2) is 70.8 Å². The van der Waals surface area contributed by atoms with Crippen molar-refractivity contribution in [1.29, 1.82) is 0 Å². The lowest BCUT2D eigenvalue weighted by Crippen LogP contribution is -2.23. The van der Waals surface area contributed by atoms with Crippen molar-refractivity contribution in [3.05, 3.63) is 0 Å². The summed E-state index contributed by atoms with van der Waals surface area (Å²) in [5.74, 6) is -1.09. The van der Waals surface area contributed by atoms with Crippen LogP contribution in [0.1, 0.15) is 40.5 Å². The van der Waals surface area contributed by atoms with E-state index in [-0.39, 0.29) is 13.0 Å². The lowest BCUT2D eigenvalue weighted by Gasteiger charge is -2.24. The fraction of sp³-hybridized carbons (Fsp3) is 0.941. The standard InChI is InChI=1S/C11H26OP.C6H12O4/c1-5-10-13(7-3,8-4)11-9-12-6-2;1-9-4-5-10-3-2-6(7)8/h5-11H2,1-4H3;2-5H2,1H3,(H,7,8)/q+1;/p-1. The molecule has 6 heteroatoms. The van der Waals surface area contributed by atoms with E-state index in [4.69, 9.17) is 9.47 Å². The predicted octanol–water partition coefficient (Wildman–Crippen LogP) is 2.28. The molecule has 140 valence electrons. The molecule has 0 saturated heterocycles. The summed E-state index contributed by atoms with van der Waals surface area (Å²) >= 11 is 0. The van der Waals surface area contributed by atoms with Gasteiger partial charge in [0.1, 0.15) is 0 Å². The summed E-state index contributed by atoms with van der Waals surface area (Å²) in [7, 11) is 0.945. The van der Waals surface area contributed by atoms with Crippen molar-refractivity contribution in [2.24, 2.45) is 0 Å². The molecule has 0 aliphatic rings. The third kappa shape index (κ3) is 16.4. The van der Waals surface area contributed by atoms with Gasteiger partial charge in [0.05, 0.1) is 51.1 Å². The Morgan fingerprint density at radius 3 is 2.00 bits per heavy atom. The van der Waals surface area contributed by atoms with Gasteiger partial charge in [-0.2, -0.15) is 0 Å². The maximum absolute atomic E-state index is 9.81. The lowest BCUT2D eigenvalue weighted by atomic mass is 10.5. The van der Waals surface area contributed by atoms with E-state index in [9.17, 15) is 9.90 Å². The van der Waals surface area contributed by atoms with E-state index < -0.39 is 13.2 Å². The first-order valence-electron chi connectivity index (χ1n) is 8.71. The molecule has 0 aromatic carbocycles. The average Bonchev–Trinajstić information content (AvgIpc) is 2.54. The first kappa shape index (κ1) is 25.0. The Labute approximate surface area is 143 Å². The van der Waals surface area contributed by atoms with E-state index in [0.717, 1.165) is 13.2 Å². The van der Waals surface area contributed by atoms with Crippen molar-refractivity contribution in [2.45, 2.75) is 40.5 Å². The molecule has 0 fully saturated rings. The van der Waals surface area contributed by atoms with Gasteiger partial charge < -0.3 is 24.1 Å². The first-order chi connectivity index (χ1) is 11.0. The Bertz CT molecular complexity index is 257. The predicted molar refractivity (Wildman–Crippen MR) is 96.8 cm³/mol. The highest BCUT2D eigenvalue weighted by Gasteiger charge is 2.31. The number of carbonyl (C=O) groups excluding carboxylic acids is 1. The van der Waals surface area contributed by atoms with Crippen molar-refractivity contribution < 1.29 is 24.1 Å². The average molecular weight is 352 g/mol. The topological polar surface area (TPSA) is 67.8 Å². The second-order valence-corrected chi connectivity index (χ2v) is 10.2. The van der Waals surface area contributed by atoms with Gasteiger partial charge in [-0.25, -0.2) is 0 Å². The van der Waals surface area contributed by atoms with Crippen molar-refractivity contribution in [2.75, 3.05) is 64.8 Å². The molecule has 0 atom stereocenters. The first-order valence-corrected chi connectivity index (χ1v) is 11.2. The van der Waals surface area contributed by atoms with Crippen molar-refractivity contribution in [3.63, 3.8) is 0 Å². The number of rotatable bonds is 14. The van der Waals surface area contributed by atoms with Gasteiger partial charge in [0.15, 0.2) is 0 Å². The molecule has 0 unspecified atom stereocenters. The summed E-state index contributed by atoms with van der Waals surface area (Å²) in [4.78, 5) is 9.81. The zero-order valence-corrected chi connectivity index (χ0v) is 16.7. The third-order valence-electron chi connectivity index (χ3n) is 3.84. The summed E-state index contributed by atoms with van der Waals surface area (Å²) < 4.78 is 15.0. The van der Waals surface area contributed by atoms with Gasteiger partial charge in [-0.05, 0) is 27.2 Å². The molecule has 0 heterocycles. The third-order valence-corrected chi connectivity index (χ3v) is 9.05. The monoisotopic (exact) mass is 352 g/mol. The van der Waals surface area contributed by atoms with Crippen LogP contribution in [0.4, 0.5) is 0 Å². The van der Waals surface area contributed by atoms with E-state index in [1.807, 2.05) is 0 Å². The zero-order chi connectivity index (χ0) is 18.0. The molecule has 0 saturated carbocycles. The zero-order valence-electron chi connectivity index (χ0n) is 15.8. The molecule has 0 amide bonds. The quantitative estimate of drug-likeness (QED) is 0.354. The number of hydrogen-bond acceptors (Lipinski definition) is 5. The molecule has 23 heavy (non-hydrogen) atoms. The van der Waals surface area contributed by atoms with Crippen LogP contribution in [-0.2, 0) is 19.0 Å². The van der Waals surface area contributed by atoms with Crippen LogP contribution in [0, 0.1) is 0 Å². The number of carboxylic acid groups (broad SMARTS) is 1. The van der Waals surface area contributed by atoms with Crippen LogP contribution in [0.15, 0.2) is 0 Å². The molecule has 0 aliphatic heterocycles. The second kappa shape index (κ2) is 18.1. The smallest absolute Gasteiger partial charge is 0.0827 e. The minimum absolute atomic E-state index is 0.0519. The van der Waals surface area contributed by atoms with Gasteiger partial charge in [0, 0.05) is 33.4 Å². The molecule has 0 rings (SSSR count). The van der Waals surface area contributed by atoms with Crippen LogP contribution in [0.2, 0.25) is 0 Å². The number of ether oxygens (including phenoxy) is 3. The molecule has 0 spiro atoms. The van der Waals surface area contributed by atoms with Crippen LogP contribution in [0.3, 0.4) is 0 Å². The fourth-order valence-electron chi connectivity index (χ4n) is 2.24. The molecular formula is C17H37O5P. The maximum Gasteiger partial charge on any atom is 0.0827 e. The number of carbonyl (C=O) groups is 1. The number of hydrogen-bond donors (Lipinski definition) is 0. The summed E-state index contributed by atoms with van der Waals surface area (Å²) in [6, 6.07) is 0. The van der Waals surface area contributed by atoms with Gasteiger partial charge in [-0.15, -0.1) is 0 Å². The Morgan fingerprint density at radius 2 is 1.57 bits per heavy atom. The molecule has 0 radical (unpaired) electrons. The summed E-state index contributed by atoms with van der Waals surface area (Å²) in [5, 5.41) is 9.81. The van der Waals surface area contributed by atoms with Gasteiger partial charge in [0.2, 0.25) is 0 Å². The molecule has 0 aromatic heterocycles. The summed E-state index contributed by atoms with van der Waals surface area (Å²) in [5.41, 5.74) is 0. The number of methoxy groups -OCH3 is 1. The Morgan fingerprint density at radius 1 is 0.913 bits per heavy atom. The highest BCUT2D eigenvalue weighted by molar-refractivity contribution is 7.75. The van der Waals surface area contributed by atoms with Crippen LogP contribution >= 0.6 is 7.26 Å². The Balaban J connectivity index is 0. The highest BCUT2D eigenvalue weighted by Crippen LogP contribution is 2.58. The van der Waals surface area contributed by atoms with Crippen molar-refractivity contribution >= 4 is 13.2 Å². The van der Waals surface area contributed by atoms with Gasteiger partial charge in [-0.1, -0.05) is 6.92 Å². The largest absolute Gasteiger partial charge is 0.550 e. The van der Waals surface area contributed by atoms with Crippen molar-refractivity contribution in [3.8, 4) is 0 Å². The molecule has 0 aromatic rings. The summed E-state index contributed by atoms with van der Waals surface area (Å²) in [6.45, 7) is 12.1. The second-order valence-electron chi connectivity index (χ2n) is 5.35. The molecule has 0 aliphatic carbocycles. The van der Waals surface area contributed by atoms with Crippen LogP contribution in [0.25, 0.3) is 0 Å². The van der Waals surface area contributed by atoms with E-state index in [2.05, 4.69) is 32.4 Å². The van der Waals surface area contributed by atoms with Gasteiger partial charge in [-0.3, -0.25) is 0 Å². The Kier molecular flexibility index (Phi) is 19.7. The Hall–Kier alpha value is -0.220. The maximum atomic E-state index is 9.81. The number of aliphatic carboxylic acids is 1. The van der Waals surface area contributed by atoms with E-state index in [1.165, 1.54) is 31.1 Å². The molecule has 5 nitrogen and oxygen atoms in total. The van der Waals surface area contributed by atoms with E-state index in [0.29, 0.717) is 13.2 Å². The van der Waals surface area contributed by atoms with Gasteiger partial charge in [0.25, 0.3) is 0 Å². The molecule has 0 N–H and O–H groups in total. The van der Waals surface area contributed by atoms with E-state index >= 15 is 0 Å². The molecule has 0 bridgehead atoms. The highest BCUT2D eigenvalue weighted by atomic mass is 31.2. The SMILES string of the molecule is CCC[P+](CC)(CC)CCOCC.COCCOCCC(=O)[O-]. The summed E-state index contributed by atoms with van der Waals surface area (Å²) in [6.07, 6.45) is 6.93. The molecular weight excluding hydrogens is 315 g/mol. The van der Waals surface area contributed by atoms with E-state index in [1.54, 1.807) is 7.11 Å². The number of carboxylic acids is 1. The minimum atomic E-state index is -1.09. The lowest BCUT2D eigenvalue weighted by molar-refractivity contribution is -0.306. The van der Waals surface area contributed by atoms with Crippen LogP contribution in [0.5, 0.6) is 0 Å².